The molecule has 1 aromatic carbocycles. The number of carbonyl (C=O) groups excluding carboxylic acids is 1. The maximum atomic E-state index is 11.8. The Kier molecular flexibility index (Phi) is 5.09. The van der Waals surface area contributed by atoms with E-state index in [4.69, 9.17) is 11.6 Å². The van der Waals surface area contributed by atoms with E-state index in [0.717, 1.165) is 4.47 Å². The molecule has 0 aromatic heterocycles. The summed E-state index contributed by atoms with van der Waals surface area (Å²) in [6.07, 6.45) is 0. The molecule has 0 saturated carbocycles. The summed E-state index contributed by atoms with van der Waals surface area (Å²) in [4.78, 5) is 13.4. The SMILES string of the molecule is CCN(CC)C(=O)Nc1ccc(Br)cc1Cl. The van der Waals surface area contributed by atoms with Gasteiger partial charge in [0, 0.05) is 17.6 Å². The summed E-state index contributed by atoms with van der Waals surface area (Å²) in [6, 6.07) is 5.23. The van der Waals surface area contributed by atoms with Crippen LogP contribution in [0.1, 0.15) is 13.8 Å². The molecule has 0 unspecified atom stereocenters. The predicted molar refractivity (Wildman–Crippen MR) is 71.1 cm³/mol. The molecule has 0 aliphatic carbocycles. The van der Waals surface area contributed by atoms with Crippen molar-refractivity contribution in [3.63, 3.8) is 0 Å². The zero-order chi connectivity index (χ0) is 12.1. The van der Waals surface area contributed by atoms with Crippen LogP contribution in [0.3, 0.4) is 0 Å². The number of hydrogen-bond acceptors (Lipinski definition) is 1. The monoisotopic (exact) mass is 304 g/mol. The quantitative estimate of drug-likeness (QED) is 0.900. The van der Waals surface area contributed by atoms with Gasteiger partial charge in [-0.2, -0.15) is 0 Å². The van der Waals surface area contributed by atoms with Crippen LogP contribution >= 0.6 is 27.5 Å². The zero-order valence-electron chi connectivity index (χ0n) is 9.26. The second-order valence-electron chi connectivity index (χ2n) is 3.23. The summed E-state index contributed by atoms with van der Waals surface area (Å²) in [7, 11) is 0. The molecule has 1 rings (SSSR count). The smallest absolute Gasteiger partial charge is 0.321 e. The fourth-order valence-electron chi connectivity index (χ4n) is 1.30. The third-order valence-electron chi connectivity index (χ3n) is 2.22. The van der Waals surface area contributed by atoms with Gasteiger partial charge in [-0.25, -0.2) is 4.79 Å². The molecule has 0 heterocycles. The summed E-state index contributed by atoms with van der Waals surface area (Å²) in [5.41, 5.74) is 0.627. The number of nitrogens with zero attached hydrogens (tertiary/aromatic N) is 1. The van der Waals surface area contributed by atoms with E-state index in [2.05, 4.69) is 21.2 Å². The van der Waals surface area contributed by atoms with E-state index in [1.165, 1.54) is 0 Å². The number of halogens is 2. The first-order valence-corrected chi connectivity index (χ1v) is 6.26. The van der Waals surface area contributed by atoms with Crippen molar-refractivity contribution in [3.8, 4) is 0 Å². The first-order valence-electron chi connectivity index (χ1n) is 5.09. The summed E-state index contributed by atoms with van der Waals surface area (Å²) < 4.78 is 0.887. The lowest BCUT2D eigenvalue weighted by Gasteiger charge is -2.19. The molecular weight excluding hydrogens is 291 g/mol. The van der Waals surface area contributed by atoms with Gasteiger partial charge in [-0.1, -0.05) is 27.5 Å². The number of hydrogen-bond donors (Lipinski definition) is 1. The van der Waals surface area contributed by atoms with Crippen LogP contribution < -0.4 is 5.32 Å². The largest absolute Gasteiger partial charge is 0.325 e. The average Bonchev–Trinajstić information content (AvgIpc) is 2.24. The van der Waals surface area contributed by atoms with Gasteiger partial charge in [0.05, 0.1) is 10.7 Å². The highest BCUT2D eigenvalue weighted by Gasteiger charge is 2.11. The van der Waals surface area contributed by atoms with E-state index < -0.39 is 0 Å². The van der Waals surface area contributed by atoms with Crippen molar-refractivity contribution in [2.45, 2.75) is 13.8 Å². The molecule has 0 spiro atoms. The van der Waals surface area contributed by atoms with Crippen LogP contribution in [-0.4, -0.2) is 24.0 Å². The van der Waals surface area contributed by atoms with Gasteiger partial charge in [0.15, 0.2) is 0 Å². The molecule has 0 bridgehead atoms. The highest BCUT2D eigenvalue weighted by atomic mass is 79.9. The van der Waals surface area contributed by atoms with Gasteiger partial charge in [0.2, 0.25) is 0 Å². The molecule has 0 fully saturated rings. The van der Waals surface area contributed by atoms with Crippen LogP contribution in [0.5, 0.6) is 0 Å². The molecule has 3 nitrogen and oxygen atoms in total. The Morgan fingerprint density at radius 1 is 1.44 bits per heavy atom. The van der Waals surface area contributed by atoms with Crippen molar-refractivity contribution in [2.24, 2.45) is 0 Å². The van der Waals surface area contributed by atoms with E-state index >= 15 is 0 Å². The van der Waals surface area contributed by atoms with Gasteiger partial charge in [-0.3, -0.25) is 0 Å². The van der Waals surface area contributed by atoms with Crippen LogP contribution in [0, 0.1) is 0 Å². The normalized spacial score (nSPS) is 10.0. The molecule has 0 aliphatic rings. The predicted octanol–water partition coefficient (Wildman–Crippen LogP) is 3.98. The highest BCUT2D eigenvalue weighted by molar-refractivity contribution is 9.10. The lowest BCUT2D eigenvalue weighted by molar-refractivity contribution is 0.217. The van der Waals surface area contributed by atoms with Crippen LogP contribution in [0.15, 0.2) is 22.7 Å². The maximum absolute atomic E-state index is 11.8. The van der Waals surface area contributed by atoms with Crippen molar-refractivity contribution in [3.05, 3.63) is 27.7 Å². The van der Waals surface area contributed by atoms with Gasteiger partial charge in [-0.05, 0) is 32.0 Å². The van der Waals surface area contributed by atoms with Crippen LogP contribution in [0.2, 0.25) is 5.02 Å². The number of urea groups is 1. The van der Waals surface area contributed by atoms with Crippen molar-refractivity contribution in [1.82, 2.24) is 4.90 Å². The number of nitrogens with one attached hydrogen (secondary N) is 1. The van der Waals surface area contributed by atoms with Gasteiger partial charge < -0.3 is 10.2 Å². The third-order valence-corrected chi connectivity index (χ3v) is 3.03. The van der Waals surface area contributed by atoms with Crippen molar-refractivity contribution >= 4 is 39.2 Å². The molecular formula is C11H14BrClN2O. The number of carbonyl (C=O) groups is 1. The van der Waals surface area contributed by atoms with E-state index in [1.807, 2.05) is 19.9 Å². The Morgan fingerprint density at radius 2 is 2.06 bits per heavy atom. The van der Waals surface area contributed by atoms with Gasteiger partial charge >= 0.3 is 6.03 Å². The fourth-order valence-corrected chi connectivity index (χ4v) is 2.02. The maximum Gasteiger partial charge on any atom is 0.321 e. The average molecular weight is 306 g/mol. The topological polar surface area (TPSA) is 32.3 Å². The zero-order valence-corrected chi connectivity index (χ0v) is 11.6. The molecule has 1 N–H and O–H groups in total. The van der Waals surface area contributed by atoms with E-state index in [1.54, 1.807) is 17.0 Å². The van der Waals surface area contributed by atoms with E-state index in [-0.39, 0.29) is 6.03 Å². The van der Waals surface area contributed by atoms with Crippen LogP contribution in [-0.2, 0) is 0 Å². The molecule has 2 amide bonds. The third kappa shape index (κ3) is 3.39. The van der Waals surface area contributed by atoms with E-state index in [0.29, 0.717) is 23.8 Å². The second kappa shape index (κ2) is 6.11. The molecule has 16 heavy (non-hydrogen) atoms. The number of benzene rings is 1. The minimum Gasteiger partial charge on any atom is -0.325 e. The summed E-state index contributed by atoms with van der Waals surface area (Å²) >= 11 is 9.31. The molecule has 0 radical (unpaired) electrons. The first-order chi connectivity index (χ1) is 7.58. The van der Waals surface area contributed by atoms with Crippen molar-refractivity contribution in [1.29, 1.82) is 0 Å². The molecule has 88 valence electrons. The fraction of sp³-hybridized carbons (Fsp3) is 0.364. The molecule has 1 aromatic rings. The van der Waals surface area contributed by atoms with Crippen molar-refractivity contribution < 1.29 is 4.79 Å². The Morgan fingerprint density at radius 3 is 2.56 bits per heavy atom. The lowest BCUT2D eigenvalue weighted by Crippen LogP contribution is -2.34. The van der Waals surface area contributed by atoms with E-state index in [9.17, 15) is 4.79 Å². The minimum atomic E-state index is -0.130. The molecule has 5 heteroatoms. The number of amides is 2. The Balaban J connectivity index is 2.76. The Bertz CT molecular complexity index is 380. The Labute approximate surface area is 109 Å². The van der Waals surface area contributed by atoms with Crippen LogP contribution in [0.25, 0.3) is 0 Å². The number of rotatable bonds is 3. The Hall–Kier alpha value is -0.740. The summed E-state index contributed by atoms with van der Waals surface area (Å²) in [5, 5.41) is 3.30. The summed E-state index contributed by atoms with van der Waals surface area (Å²) in [6.45, 7) is 5.23. The van der Waals surface area contributed by atoms with Gasteiger partial charge in [-0.15, -0.1) is 0 Å². The standard InChI is InChI=1S/C11H14BrClN2O/c1-3-15(4-2)11(16)14-10-6-5-8(12)7-9(10)13/h5-7H,3-4H2,1-2H3,(H,14,16). The van der Waals surface area contributed by atoms with Gasteiger partial charge in [0.25, 0.3) is 0 Å². The first kappa shape index (κ1) is 13.3. The molecule has 0 aliphatic heterocycles. The van der Waals surface area contributed by atoms with Crippen molar-refractivity contribution in [2.75, 3.05) is 18.4 Å². The van der Waals surface area contributed by atoms with Crippen LogP contribution in [0.4, 0.5) is 10.5 Å². The summed E-state index contributed by atoms with van der Waals surface area (Å²) in [5.74, 6) is 0. The highest BCUT2D eigenvalue weighted by Crippen LogP contribution is 2.25. The lowest BCUT2D eigenvalue weighted by atomic mass is 10.3. The second-order valence-corrected chi connectivity index (χ2v) is 4.55. The number of anilines is 1. The molecule has 0 atom stereocenters. The van der Waals surface area contributed by atoms with Gasteiger partial charge in [0.1, 0.15) is 0 Å². The molecule has 0 saturated heterocycles. The minimum absolute atomic E-state index is 0.130.